The number of alkyl halides is 2. The highest BCUT2D eigenvalue weighted by molar-refractivity contribution is 8.00. The van der Waals surface area contributed by atoms with Gasteiger partial charge in [-0.15, -0.1) is 11.8 Å². The van der Waals surface area contributed by atoms with Gasteiger partial charge < -0.3 is 10.1 Å². The molecule has 1 N–H and O–H groups in total. The van der Waals surface area contributed by atoms with E-state index in [-0.39, 0.29) is 29.1 Å². The fourth-order valence-electron chi connectivity index (χ4n) is 2.14. The van der Waals surface area contributed by atoms with Gasteiger partial charge in [0.05, 0.1) is 16.7 Å². The average molecular weight is 382 g/mol. The van der Waals surface area contributed by atoms with Crippen molar-refractivity contribution in [2.75, 3.05) is 5.75 Å². The van der Waals surface area contributed by atoms with Crippen LogP contribution in [0, 0.1) is 10.1 Å². The molecule has 0 aliphatic rings. The molecule has 0 heterocycles. The van der Waals surface area contributed by atoms with Crippen LogP contribution in [0.5, 0.6) is 5.75 Å². The Labute approximate surface area is 152 Å². The summed E-state index contributed by atoms with van der Waals surface area (Å²) in [4.78, 5) is 22.9. The van der Waals surface area contributed by atoms with Gasteiger partial charge in [-0.2, -0.15) is 8.78 Å². The number of nitro benzene ring substituents is 1. The van der Waals surface area contributed by atoms with Crippen molar-refractivity contribution < 1.29 is 23.2 Å². The summed E-state index contributed by atoms with van der Waals surface area (Å²) >= 11 is 1.24. The predicted molar refractivity (Wildman–Crippen MR) is 93.5 cm³/mol. The third-order valence-corrected chi connectivity index (χ3v) is 4.39. The summed E-state index contributed by atoms with van der Waals surface area (Å²) in [6.45, 7) is -1.18. The Kier molecular flexibility index (Phi) is 6.90. The first-order valence-corrected chi connectivity index (χ1v) is 8.55. The SMILES string of the molecule is CC(NC(=O)CSc1ccc([N+](=O)[O-])cc1)c1cccc(OC(F)F)c1. The second-order valence-corrected chi connectivity index (χ2v) is 6.33. The van der Waals surface area contributed by atoms with Gasteiger partial charge in [0.25, 0.3) is 5.69 Å². The monoisotopic (exact) mass is 382 g/mol. The lowest BCUT2D eigenvalue weighted by Crippen LogP contribution is -2.28. The van der Waals surface area contributed by atoms with E-state index in [4.69, 9.17) is 0 Å². The van der Waals surface area contributed by atoms with E-state index in [1.807, 2.05) is 0 Å². The lowest BCUT2D eigenvalue weighted by Gasteiger charge is -2.15. The van der Waals surface area contributed by atoms with E-state index < -0.39 is 11.5 Å². The molecule has 0 aliphatic carbocycles. The molecule has 6 nitrogen and oxygen atoms in total. The number of thioether (sulfide) groups is 1. The quantitative estimate of drug-likeness (QED) is 0.421. The normalized spacial score (nSPS) is 11.8. The molecule has 2 aromatic carbocycles. The van der Waals surface area contributed by atoms with Gasteiger partial charge in [-0.3, -0.25) is 14.9 Å². The zero-order chi connectivity index (χ0) is 19.1. The van der Waals surface area contributed by atoms with Crippen LogP contribution in [0.25, 0.3) is 0 Å². The van der Waals surface area contributed by atoms with Crippen LogP contribution in [0.4, 0.5) is 14.5 Å². The van der Waals surface area contributed by atoms with Crippen molar-refractivity contribution in [3.8, 4) is 5.75 Å². The highest BCUT2D eigenvalue weighted by atomic mass is 32.2. The Morgan fingerprint density at radius 3 is 2.58 bits per heavy atom. The maximum atomic E-state index is 12.3. The standard InChI is InChI=1S/C17H16F2N2O4S/c1-11(12-3-2-4-14(9-12)25-17(18)19)20-16(22)10-26-15-7-5-13(6-8-15)21(23)24/h2-9,11,17H,10H2,1H3,(H,20,22). The molecule has 1 atom stereocenters. The highest BCUT2D eigenvalue weighted by Crippen LogP contribution is 2.23. The molecule has 2 rings (SSSR count). The van der Waals surface area contributed by atoms with Crippen LogP contribution >= 0.6 is 11.8 Å². The summed E-state index contributed by atoms with van der Waals surface area (Å²) in [6, 6.07) is 11.6. The number of carbonyl (C=O) groups excluding carboxylic acids is 1. The summed E-state index contributed by atoms with van der Waals surface area (Å²) in [6.07, 6.45) is 0. The van der Waals surface area contributed by atoms with E-state index in [9.17, 15) is 23.7 Å². The van der Waals surface area contributed by atoms with Crippen LogP contribution in [0.1, 0.15) is 18.5 Å². The van der Waals surface area contributed by atoms with Gasteiger partial charge in [-0.25, -0.2) is 0 Å². The van der Waals surface area contributed by atoms with Crippen LogP contribution in [0.15, 0.2) is 53.4 Å². The predicted octanol–water partition coefficient (Wildman–Crippen LogP) is 4.17. The third kappa shape index (κ3) is 5.99. The summed E-state index contributed by atoms with van der Waals surface area (Å²) in [5.41, 5.74) is 0.621. The molecule has 0 saturated heterocycles. The van der Waals surface area contributed by atoms with Crippen molar-refractivity contribution in [1.82, 2.24) is 5.32 Å². The first-order chi connectivity index (χ1) is 12.3. The molecule has 0 aromatic heterocycles. The summed E-state index contributed by atoms with van der Waals surface area (Å²) in [7, 11) is 0. The van der Waals surface area contributed by atoms with Crippen molar-refractivity contribution in [1.29, 1.82) is 0 Å². The minimum atomic E-state index is -2.91. The minimum absolute atomic E-state index is 0.0154. The van der Waals surface area contributed by atoms with Crippen molar-refractivity contribution >= 4 is 23.4 Å². The van der Waals surface area contributed by atoms with Gasteiger partial charge in [0, 0.05) is 17.0 Å². The average Bonchev–Trinajstić information content (AvgIpc) is 2.60. The van der Waals surface area contributed by atoms with E-state index in [0.717, 1.165) is 4.90 Å². The van der Waals surface area contributed by atoms with Gasteiger partial charge in [0.15, 0.2) is 0 Å². The lowest BCUT2D eigenvalue weighted by molar-refractivity contribution is -0.384. The Bertz CT molecular complexity index is 772. The molecule has 1 amide bonds. The molecule has 2 aromatic rings. The fraction of sp³-hybridized carbons (Fsp3) is 0.235. The minimum Gasteiger partial charge on any atom is -0.435 e. The number of halogens is 2. The molecule has 0 aliphatic heterocycles. The van der Waals surface area contributed by atoms with Crippen molar-refractivity contribution in [3.05, 3.63) is 64.2 Å². The van der Waals surface area contributed by atoms with Crippen molar-refractivity contribution in [2.45, 2.75) is 24.5 Å². The number of nitrogens with one attached hydrogen (secondary N) is 1. The van der Waals surface area contributed by atoms with Crippen molar-refractivity contribution in [3.63, 3.8) is 0 Å². The highest BCUT2D eigenvalue weighted by Gasteiger charge is 2.12. The van der Waals surface area contributed by atoms with E-state index in [2.05, 4.69) is 10.1 Å². The van der Waals surface area contributed by atoms with Gasteiger partial charge in [-0.1, -0.05) is 12.1 Å². The lowest BCUT2D eigenvalue weighted by atomic mass is 10.1. The first kappa shape index (κ1) is 19.6. The Hall–Kier alpha value is -2.68. The molecular formula is C17H16F2N2O4S. The number of ether oxygens (including phenoxy) is 1. The molecule has 0 bridgehead atoms. The van der Waals surface area contributed by atoms with Gasteiger partial charge in [0.1, 0.15) is 5.75 Å². The van der Waals surface area contributed by atoms with Crippen LogP contribution in [0.2, 0.25) is 0 Å². The molecular weight excluding hydrogens is 366 g/mol. The Morgan fingerprint density at radius 1 is 1.27 bits per heavy atom. The van der Waals surface area contributed by atoms with Gasteiger partial charge in [-0.05, 0) is 36.8 Å². The number of carbonyl (C=O) groups is 1. The number of hydrogen-bond acceptors (Lipinski definition) is 5. The maximum Gasteiger partial charge on any atom is 0.387 e. The van der Waals surface area contributed by atoms with E-state index in [1.165, 1.54) is 36.0 Å². The Balaban J connectivity index is 1.87. The van der Waals surface area contributed by atoms with E-state index in [0.29, 0.717) is 5.56 Å². The molecule has 0 radical (unpaired) electrons. The number of rotatable bonds is 8. The number of nitro groups is 1. The molecule has 26 heavy (non-hydrogen) atoms. The number of amides is 1. The smallest absolute Gasteiger partial charge is 0.387 e. The third-order valence-electron chi connectivity index (χ3n) is 3.38. The van der Waals surface area contributed by atoms with E-state index in [1.54, 1.807) is 31.2 Å². The van der Waals surface area contributed by atoms with Crippen molar-refractivity contribution in [2.24, 2.45) is 0 Å². The molecule has 1 unspecified atom stereocenters. The second kappa shape index (κ2) is 9.14. The zero-order valence-corrected chi connectivity index (χ0v) is 14.5. The zero-order valence-electron chi connectivity index (χ0n) is 13.7. The van der Waals surface area contributed by atoms with Gasteiger partial charge >= 0.3 is 6.61 Å². The fourth-order valence-corrected chi connectivity index (χ4v) is 2.85. The Morgan fingerprint density at radius 2 is 1.96 bits per heavy atom. The topological polar surface area (TPSA) is 81.5 Å². The summed E-state index contributed by atoms with van der Waals surface area (Å²) in [5, 5.41) is 13.4. The molecule has 0 spiro atoms. The van der Waals surface area contributed by atoms with Crippen LogP contribution in [-0.2, 0) is 4.79 Å². The summed E-state index contributed by atoms with van der Waals surface area (Å²) in [5.74, 6) is -0.102. The molecule has 9 heteroatoms. The summed E-state index contributed by atoms with van der Waals surface area (Å²) < 4.78 is 28.9. The molecule has 0 fully saturated rings. The van der Waals surface area contributed by atoms with Gasteiger partial charge in [0.2, 0.25) is 5.91 Å². The second-order valence-electron chi connectivity index (χ2n) is 5.28. The van der Waals surface area contributed by atoms with Crippen LogP contribution < -0.4 is 10.1 Å². The number of benzene rings is 2. The molecule has 138 valence electrons. The molecule has 0 saturated carbocycles. The van der Waals surface area contributed by atoms with Crippen LogP contribution in [-0.4, -0.2) is 23.2 Å². The van der Waals surface area contributed by atoms with Crippen LogP contribution in [0.3, 0.4) is 0 Å². The number of hydrogen-bond donors (Lipinski definition) is 1. The number of nitrogens with zero attached hydrogens (tertiary/aromatic N) is 1. The van der Waals surface area contributed by atoms with E-state index >= 15 is 0 Å². The number of non-ortho nitro benzene ring substituents is 1. The first-order valence-electron chi connectivity index (χ1n) is 7.56. The largest absolute Gasteiger partial charge is 0.435 e. The maximum absolute atomic E-state index is 12.3.